The number of rotatable bonds is 8. The molecular weight excluding hydrogens is 511 g/mol. The molecule has 1 aliphatic rings. The molecule has 1 fully saturated rings. The third kappa shape index (κ3) is 13.8. The van der Waals surface area contributed by atoms with Gasteiger partial charge in [-0.2, -0.15) is 0 Å². The molecule has 1 rings (SSSR count). The number of amides is 3. The highest BCUT2D eigenvalue weighted by Crippen LogP contribution is 2.26. The molecule has 10 nitrogen and oxygen atoms in total. The molecule has 3 atom stereocenters. The number of nitrogens with zero attached hydrogens (tertiary/aromatic N) is 1. The van der Waals surface area contributed by atoms with Gasteiger partial charge in [-0.3, -0.25) is 24.2 Å². The number of terminal acetylenes is 1. The van der Waals surface area contributed by atoms with Gasteiger partial charge in [0.25, 0.3) is 5.91 Å². The molecule has 3 amide bonds. The van der Waals surface area contributed by atoms with Crippen LogP contribution in [0.2, 0.25) is 0 Å². The van der Waals surface area contributed by atoms with Crippen molar-refractivity contribution in [2.45, 2.75) is 74.5 Å². The molecule has 34 heavy (non-hydrogen) atoms. The van der Waals surface area contributed by atoms with Crippen molar-refractivity contribution in [3.63, 3.8) is 0 Å². The fourth-order valence-corrected chi connectivity index (χ4v) is 2.57. The zero-order chi connectivity index (χ0) is 26.5. The Morgan fingerprint density at radius 1 is 1.29 bits per heavy atom. The number of halogens is 3. The predicted octanol–water partition coefficient (Wildman–Crippen LogP) is 1.47. The summed E-state index contributed by atoms with van der Waals surface area (Å²) in [7, 11) is 1.71. The summed E-state index contributed by atoms with van der Waals surface area (Å²) in [5, 5.41) is 5.99. The van der Waals surface area contributed by atoms with Gasteiger partial charge in [0.05, 0.1) is 5.60 Å². The van der Waals surface area contributed by atoms with E-state index in [4.69, 9.17) is 50.7 Å². The van der Waals surface area contributed by atoms with Gasteiger partial charge >= 0.3 is 5.97 Å². The van der Waals surface area contributed by atoms with Gasteiger partial charge < -0.3 is 20.1 Å². The molecule has 1 saturated heterocycles. The molecule has 0 bridgehead atoms. The summed E-state index contributed by atoms with van der Waals surface area (Å²) in [5.74, 6) is 0.538. The van der Waals surface area contributed by atoms with Crippen LogP contribution < -0.4 is 16.1 Å². The van der Waals surface area contributed by atoms with Crippen LogP contribution in [0.25, 0.3) is 0 Å². The highest BCUT2D eigenvalue weighted by atomic mass is 35.6. The van der Waals surface area contributed by atoms with Crippen LogP contribution in [-0.4, -0.2) is 77.0 Å². The standard InChI is InChI=1S/C16H21Cl3N4O5.C5H12O/c1-3-5-11(20-9-24)13(25)21-10(2)14(26)23-7-4-6-12(22-23)15(27)28-8-16(17,18)19;1-5(2,3)6-4/h1,9-12,22H,4-8H2,2H3,(H,20,24)(H,21,25);1-4H3. The van der Waals surface area contributed by atoms with Crippen LogP contribution in [0.1, 0.15) is 47.0 Å². The van der Waals surface area contributed by atoms with Crippen molar-refractivity contribution in [1.29, 1.82) is 0 Å². The summed E-state index contributed by atoms with van der Waals surface area (Å²) in [6, 6.07) is -2.67. The number of esters is 1. The van der Waals surface area contributed by atoms with E-state index in [9.17, 15) is 19.2 Å². The Hall–Kier alpha value is -1.77. The first kappa shape index (κ1) is 32.2. The van der Waals surface area contributed by atoms with E-state index in [1.165, 1.54) is 11.9 Å². The van der Waals surface area contributed by atoms with Gasteiger partial charge in [-0.05, 0) is 40.5 Å². The smallest absolute Gasteiger partial charge is 0.325 e. The molecule has 3 unspecified atom stereocenters. The lowest BCUT2D eigenvalue weighted by Crippen LogP contribution is -2.60. The fraction of sp³-hybridized carbons (Fsp3) is 0.714. The Bertz CT molecular complexity index is 733. The first-order chi connectivity index (χ1) is 15.6. The third-order valence-corrected chi connectivity index (χ3v) is 4.69. The van der Waals surface area contributed by atoms with E-state index in [0.29, 0.717) is 25.8 Å². The molecule has 1 aliphatic heterocycles. The molecule has 0 radical (unpaired) electrons. The van der Waals surface area contributed by atoms with Crippen LogP contribution >= 0.6 is 34.8 Å². The average molecular weight is 544 g/mol. The van der Waals surface area contributed by atoms with E-state index in [0.717, 1.165) is 0 Å². The zero-order valence-corrected chi connectivity index (χ0v) is 22.2. The molecule has 3 N–H and O–H groups in total. The van der Waals surface area contributed by atoms with Crippen LogP contribution in [0.4, 0.5) is 0 Å². The SMILES string of the molecule is C#CCC(NC=O)C(=O)NC(C)C(=O)N1CCCC(C(=O)OCC(Cl)(Cl)Cl)N1.COC(C)(C)C. The number of hydrogen-bond acceptors (Lipinski definition) is 7. The first-order valence-corrected chi connectivity index (χ1v) is 11.6. The zero-order valence-electron chi connectivity index (χ0n) is 20.0. The summed E-state index contributed by atoms with van der Waals surface area (Å²) in [5.41, 5.74) is 2.79. The van der Waals surface area contributed by atoms with Crippen molar-refractivity contribution in [1.82, 2.24) is 21.1 Å². The Morgan fingerprint density at radius 3 is 2.35 bits per heavy atom. The summed E-state index contributed by atoms with van der Waals surface area (Å²) >= 11 is 16.6. The molecule has 1 heterocycles. The largest absolute Gasteiger partial charge is 0.460 e. The molecule has 0 spiro atoms. The molecule has 0 saturated carbocycles. The molecule has 0 aromatic carbocycles. The van der Waals surface area contributed by atoms with Gasteiger partial charge in [0, 0.05) is 20.1 Å². The van der Waals surface area contributed by atoms with E-state index < -0.39 is 46.3 Å². The van der Waals surface area contributed by atoms with Crippen molar-refractivity contribution < 1.29 is 28.7 Å². The van der Waals surface area contributed by atoms with E-state index in [1.807, 2.05) is 20.8 Å². The van der Waals surface area contributed by atoms with Gasteiger partial charge in [-0.15, -0.1) is 12.3 Å². The van der Waals surface area contributed by atoms with E-state index >= 15 is 0 Å². The van der Waals surface area contributed by atoms with Gasteiger partial charge in [-0.25, -0.2) is 5.43 Å². The highest BCUT2D eigenvalue weighted by molar-refractivity contribution is 6.67. The fourth-order valence-electron chi connectivity index (χ4n) is 2.41. The number of methoxy groups -OCH3 is 1. The Morgan fingerprint density at radius 2 is 1.88 bits per heavy atom. The van der Waals surface area contributed by atoms with Gasteiger partial charge in [0.1, 0.15) is 24.7 Å². The van der Waals surface area contributed by atoms with Crippen molar-refractivity contribution in [2.75, 3.05) is 20.3 Å². The van der Waals surface area contributed by atoms with Gasteiger partial charge in [0.2, 0.25) is 16.1 Å². The van der Waals surface area contributed by atoms with Crippen LogP contribution in [-0.2, 0) is 28.7 Å². The maximum absolute atomic E-state index is 12.6. The number of alkyl halides is 3. The van der Waals surface area contributed by atoms with Crippen molar-refractivity contribution in [3.05, 3.63) is 0 Å². The lowest BCUT2D eigenvalue weighted by atomic mass is 10.1. The number of carbonyl (C=O) groups is 4. The van der Waals surface area contributed by atoms with Crippen molar-refractivity contribution >= 4 is 59.0 Å². The van der Waals surface area contributed by atoms with Crippen LogP contribution in [0, 0.1) is 12.3 Å². The minimum Gasteiger partial charge on any atom is -0.460 e. The monoisotopic (exact) mass is 542 g/mol. The predicted molar refractivity (Wildman–Crippen MR) is 130 cm³/mol. The minimum absolute atomic E-state index is 0.0232. The normalized spacial score (nSPS) is 17.7. The topological polar surface area (TPSA) is 126 Å². The molecule has 13 heteroatoms. The van der Waals surface area contributed by atoms with Gasteiger partial charge in [0.15, 0.2) is 0 Å². The molecule has 0 aromatic rings. The number of hydrazine groups is 1. The van der Waals surface area contributed by atoms with Crippen LogP contribution in [0.5, 0.6) is 0 Å². The molecule has 194 valence electrons. The number of ether oxygens (including phenoxy) is 2. The summed E-state index contributed by atoms with van der Waals surface area (Å²) < 4.78 is 8.12. The second kappa shape index (κ2) is 15.3. The van der Waals surface area contributed by atoms with E-state index in [2.05, 4.69) is 22.0 Å². The summed E-state index contributed by atoms with van der Waals surface area (Å²) in [6.07, 6.45) is 6.45. The maximum Gasteiger partial charge on any atom is 0.325 e. The molecule has 0 aliphatic carbocycles. The minimum atomic E-state index is -1.73. The lowest BCUT2D eigenvalue weighted by Gasteiger charge is -2.34. The molecule has 0 aromatic heterocycles. The third-order valence-electron chi connectivity index (χ3n) is 4.36. The Balaban J connectivity index is 0.00000160. The van der Waals surface area contributed by atoms with Crippen LogP contribution in [0.3, 0.4) is 0 Å². The lowest BCUT2D eigenvalue weighted by molar-refractivity contribution is -0.152. The Labute approximate surface area is 215 Å². The summed E-state index contributed by atoms with van der Waals surface area (Å²) in [6.45, 7) is 7.44. The van der Waals surface area contributed by atoms with E-state index in [1.54, 1.807) is 7.11 Å². The summed E-state index contributed by atoms with van der Waals surface area (Å²) in [4.78, 5) is 47.3. The highest BCUT2D eigenvalue weighted by Gasteiger charge is 2.33. The van der Waals surface area contributed by atoms with Crippen molar-refractivity contribution in [3.8, 4) is 12.3 Å². The van der Waals surface area contributed by atoms with E-state index in [-0.39, 0.29) is 12.0 Å². The second-order valence-corrected chi connectivity index (χ2v) is 10.8. The van der Waals surface area contributed by atoms with Gasteiger partial charge in [-0.1, -0.05) is 34.8 Å². The number of carbonyl (C=O) groups excluding carboxylic acids is 4. The van der Waals surface area contributed by atoms with Crippen LogP contribution in [0.15, 0.2) is 0 Å². The number of hydrogen-bond donors (Lipinski definition) is 3. The second-order valence-electron chi connectivity index (χ2n) is 8.33. The first-order valence-electron chi connectivity index (χ1n) is 10.4. The quantitative estimate of drug-likeness (QED) is 0.183. The Kier molecular flexibility index (Phi) is 14.5. The molecular formula is C21H33Cl3N4O6. The maximum atomic E-state index is 12.6. The number of nitrogens with one attached hydrogen (secondary N) is 3. The van der Waals surface area contributed by atoms with Crippen molar-refractivity contribution in [2.24, 2.45) is 0 Å². The average Bonchev–Trinajstić information content (AvgIpc) is 2.76.